The largest absolute Gasteiger partial charge is 0.141 e. The molecule has 0 heterocycles. The summed E-state index contributed by atoms with van der Waals surface area (Å²) in [6.45, 7) is 7.81. The van der Waals surface area contributed by atoms with E-state index < -0.39 is 0 Å². The standard InChI is InChI=1S/C8H14B/c1-4-5-6-7-8(2)9-3/h4,7H,1,5-6H2,2-3H3/b8-7+. The Balaban J connectivity index is 3.31. The van der Waals surface area contributed by atoms with Crippen molar-refractivity contribution in [1.29, 1.82) is 0 Å². The van der Waals surface area contributed by atoms with Gasteiger partial charge < -0.3 is 0 Å². The van der Waals surface area contributed by atoms with Crippen LogP contribution in [0.4, 0.5) is 0 Å². The van der Waals surface area contributed by atoms with E-state index >= 15 is 0 Å². The predicted octanol–water partition coefficient (Wildman–Crippen LogP) is 2.61. The summed E-state index contributed by atoms with van der Waals surface area (Å²) in [5, 5.41) is 0. The maximum Gasteiger partial charge on any atom is 0.141 e. The molecule has 0 aromatic rings. The van der Waals surface area contributed by atoms with Crippen LogP contribution in [0.3, 0.4) is 0 Å². The minimum Gasteiger partial charge on any atom is -0.116 e. The minimum atomic E-state index is 1.09. The first-order chi connectivity index (χ1) is 4.31. The normalized spacial score (nSPS) is 11.1. The molecule has 1 heteroatoms. The summed E-state index contributed by atoms with van der Waals surface area (Å²) >= 11 is 0. The third-order valence-corrected chi connectivity index (χ3v) is 1.29. The maximum atomic E-state index is 3.64. The van der Waals surface area contributed by atoms with Crippen LogP contribution < -0.4 is 0 Å². The van der Waals surface area contributed by atoms with Gasteiger partial charge in [0, 0.05) is 0 Å². The third kappa shape index (κ3) is 5.42. The first-order valence-electron chi connectivity index (χ1n) is 3.38. The molecule has 0 rings (SSSR count). The van der Waals surface area contributed by atoms with Crippen LogP contribution in [0.2, 0.25) is 6.82 Å². The number of allylic oxidation sites excluding steroid dienone is 3. The van der Waals surface area contributed by atoms with Crippen molar-refractivity contribution in [3.05, 3.63) is 24.2 Å². The Kier molecular flexibility index (Phi) is 5.39. The predicted molar refractivity (Wildman–Crippen MR) is 44.8 cm³/mol. The summed E-state index contributed by atoms with van der Waals surface area (Å²) in [5.74, 6) is 0. The van der Waals surface area contributed by atoms with Gasteiger partial charge in [-0.3, -0.25) is 0 Å². The fourth-order valence-corrected chi connectivity index (χ4v) is 0.547. The Labute approximate surface area is 58.9 Å². The van der Waals surface area contributed by atoms with Crippen LogP contribution in [0.1, 0.15) is 19.8 Å². The van der Waals surface area contributed by atoms with Gasteiger partial charge in [-0.05, 0) is 12.8 Å². The lowest BCUT2D eigenvalue weighted by molar-refractivity contribution is 1.05. The molecule has 0 spiro atoms. The quantitative estimate of drug-likeness (QED) is 0.304. The van der Waals surface area contributed by atoms with E-state index in [9.17, 15) is 0 Å². The highest BCUT2D eigenvalue weighted by Crippen LogP contribution is 1.96. The molecule has 0 nitrogen and oxygen atoms in total. The van der Waals surface area contributed by atoms with Crippen molar-refractivity contribution in [2.75, 3.05) is 0 Å². The van der Waals surface area contributed by atoms with Crippen molar-refractivity contribution >= 4 is 7.28 Å². The fourth-order valence-electron chi connectivity index (χ4n) is 0.547. The lowest BCUT2D eigenvalue weighted by Crippen LogP contribution is -1.82. The van der Waals surface area contributed by atoms with Crippen molar-refractivity contribution < 1.29 is 0 Å². The molecular formula is C8H14B. The highest BCUT2D eigenvalue weighted by atomic mass is 13.8. The second kappa shape index (κ2) is 5.68. The molecule has 0 amide bonds. The van der Waals surface area contributed by atoms with Crippen LogP contribution in [0, 0.1) is 0 Å². The van der Waals surface area contributed by atoms with Gasteiger partial charge in [-0.1, -0.05) is 25.9 Å². The van der Waals surface area contributed by atoms with Crippen LogP contribution >= 0.6 is 0 Å². The van der Waals surface area contributed by atoms with Crippen LogP contribution in [-0.4, -0.2) is 7.28 Å². The first kappa shape index (κ1) is 8.54. The Morgan fingerprint density at radius 3 is 2.67 bits per heavy atom. The summed E-state index contributed by atoms with van der Waals surface area (Å²) in [4.78, 5) is 0. The molecule has 0 atom stereocenters. The highest BCUT2D eigenvalue weighted by Gasteiger charge is 1.82. The van der Waals surface area contributed by atoms with Gasteiger partial charge in [0.1, 0.15) is 7.28 Å². The number of hydrogen-bond acceptors (Lipinski definition) is 0. The highest BCUT2D eigenvalue weighted by molar-refractivity contribution is 6.43. The first-order valence-corrected chi connectivity index (χ1v) is 3.38. The molecule has 9 heavy (non-hydrogen) atoms. The molecule has 0 bridgehead atoms. The number of rotatable bonds is 4. The van der Waals surface area contributed by atoms with Crippen molar-refractivity contribution in [2.45, 2.75) is 26.6 Å². The summed E-state index contributed by atoms with van der Waals surface area (Å²) in [5.41, 5.74) is 1.36. The Hall–Kier alpha value is -0.455. The number of unbranched alkanes of at least 4 members (excludes halogenated alkanes) is 1. The van der Waals surface area contributed by atoms with Crippen LogP contribution in [0.15, 0.2) is 24.2 Å². The zero-order chi connectivity index (χ0) is 7.11. The molecule has 1 radical (unpaired) electrons. The molecule has 0 saturated heterocycles. The van der Waals surface area contributed by atoms with Gasteiger partial charge in [0.15, 0.2) is 0 Å². The summed E-state index contributed by atoms with van der Waals surface area (Å²) in [6, 6.07) is 0. The van der Waals surface area contributed by atoms with E-state index in [4.69, 9.17) is 0 Å². The molecule has 0 unspecified atom stereocenters. The second-order valence-corrected chi connectivity index (χ2v) is 2.10. The van der Waals surface area contributed by atoms with Gasteiger partial charge in [0.25, 0.3) is 0 Å². The minimum absolute atomic E-state index is 1.09. The zero-order valence-electron chi connectivity index (χ0n) is 6.35. The van der Waals surface area contributed by atoms with Crippen LogP contribution in [-0.2, 0) is 0 Å². The van der Waals surface area contributed by atoms with Gasteiger partial charge in [-0.2, -0.15) is 0 Å². The van der Waals surface area contributed by atoms with Crippen LogP contribution in [0.5, 0.6) is 0 Å². The molecule has 0 saturated carbocycles. The fraction of sp³-hybridized carbons (Fsp3) is 0.500. The Bertz CT molecular complexity index is 103. The van der Waals surface area contributed by atoms with Gasteiger partial charge in [0.05, 0.1) is 0 Å². The van der Waals surface area contributed by atoms with Crippen LogP contribution in [0.25, 0.3) is 0 Å². The van der Waals surface area contributed by atoms with Crippen molar-refractivity contribution in [2.24, 2.45) is 0 Å². The third-order valence-electron chi connectivity index (χ3n) is 1.29. The smallest absolute Gasteiger partial charge is 0.116 e. The maximum absolute atomic E-state index is 3.64. The van der Waals surface area contributed by atoms with Crippen molar-refractivity contribution in [1.82, 2.24) is 0 Å². The average Bonchev–Trinajstić information content (AvgIpc) is 1.89. The van der Waals surface area contributed by atoms with Crippen molar-refractivity contribution in [3.8, 4) is 0 Å². The Morgan fingerprint density at radius 1 is 1.56 bits per heavy atom. The summed E-state index contributed by atoms with van der Waals surface area (Å²) in [7, 11) is 2.11. The second-order valence-electron chi connectivity index (χ2n) is 2.10. The summed E-state index contributed by atoms with van der Waals surface area (Å²) < 4.78 is 0. The van der Waals surface area contributed by atoms with E-state index in [1.54, 1.807) is 0 Å². The van der Waals surface area contributed by atoms with E-state index in [0.29, 0.717) is 0 Å². The van der Waals surface area contributed by atoms with E-state index in [-0.39, 0.29) is 0 Å². The summed E-state index contributed by atoms with van der Waals surface area (Å²) in [6.07, 6.45) is 6.38. The SMILES string of the molecule is C=CCC/C=C(\C)[B]C. The molecule has 0 fully saturated rings. The van der Waals surface area contributed by atoms with Gasteiger partial charge in [0.2, 0.25) is 0 Å². The molecule has 49 valence electrons. The molecule has 0 aromatic carbocycles. The molecule has 0 aliphatic carbocycles. The molecule has 0 aliphatic heterocycles. The molecule has 0 aliphatic rings. The topological polar surface area (TPSA) is 0 Å². The monoisotopic (exact) mass is 121 g/mol. The van der Waals surface area contributed by atoms with Gasteiger partial charge in [-0.25, -0.2) is 0 Å². The zero-order valence-corrected chi connectivity index (χ0v) is 6.35. The van der Waals surface area contributed by atoms with E-state index in [0.717, 1.165) is 12.8 Å². The van der Waals surface area contributed by atoms with E-state index in [2.05, 4.69) is 33.7 Å². The van der Waals surface area contributed by atoms with Gasteiger partial charge >= 0.3 is 0 Å². The van der Waals surface area contributed by atoms with Gasteiger partial charge in [-0.15, -0.1) is 12.1 Å². The molecular weight excluding hydrogens is 107 g/mol. The van der Waals surface area contributed by atoms with Crippen molar-refractivity contribution in [3.63, 3.8) is 0 Å². The molecule has 0 aromatic heterocycles. The van der Waals surface area contributed by atoms with E-state index in [1.165, 1.54) is 5.47 Å². The lowest BCUT2D eigenvalue weighted by atomic mass is 9.73. The molecule has 0 N–H and O–H groups in total. The lowest BCUT2D eigenvalue weighted by Gasteiger charge is -1.90. The number of hydrogen-bond donors (Lipinski definition) is 0. The van der Waals surface area contributed by atoms with E-state index in [1.807, 2.05) is 6.08 Å². The Morgan fingerprint density at radius 2 is 2.22 bits per heavy atom. The average molecular weight is 121 g/mol.